The van der Waals surface area contributed by atoms with E-state index in [1.54, 1.807) is 0 Å². The minimum atomic E-state index is 0.506. The summed E-state index contributed by atoms with van der Waals surface area (Å²) in [5.74, 6) is 0. The van der Waals surface area contributed by atoms with Crippen LogP contribution < -0.4 is 5.32 Å². The van der Waals surface area contributed by atoms with Gasteiger partial charge in [-0.2, -0.15) is 0 Å². The topological polar surface area (TPSA) is 15.3 Å². The van der Waals surface area contributed by atoms with Crippen LogP contribution in [0.1, 0.15) is 55.3 Å². The molecule has 1 aromatic rings. The number of rotatable bonds is 7. The van der Waals surface area contributed by atoms with Gasteiger partial charge in [0.1, 0.15) is 0 Å². The maximum Gasteiger partial charge on any atom is 0.0386 e. The second-order valence-electron chi connectivity index (χ2n) is 5.59. The van der Waals surface area contributed by atoms with Crippen molar-refractivity contribution in [2.24, 2.45) is 0 Å². The first-order valence-corrected chi connectivity index (χ1v) is 8.65. The van der Waals surface area contributed by atoms with Crippen molar-refractivity contribution in [2.45, 2.75) is 52.0 Å². The van der Waals surface area contributed by atoms with Gasteiger partial charge in [-0.15, -0.1) is 11.3 Å². The molecule has 0 radical (unpaired) electrons. The fourth-order valence-electron chi connectivity index (χ4n) is 2.72. The average molecular weight is 280 g/mol. The molecule has 19 heavy (non-hydrogen) atoms. The van der Waals surface area contributed by atoms with E-state index in [0.29, 0.717) is 6.04 Å². The second-order valence-corrected chi connectivity index (χ2v) is 6.79. The highest BCUT2D eigenvalue weighted by Crippen LogP contribution is 2.23. The second kappa shape index (κ2) is 8.03. The molecule has 1 aromatic heterocycles. The van der Waals surface area contributed by atoms with Gasteiger partial charge >= 0.3 is 0 Å². The van der Waals surface area contributed by atoms with Crippen LogP contribution >= 0.6 is 11.3 Å². The molecule has 3 heteroatoms. The van der Waals surface area contributed by atoms with Gasteiger partial charge in [-0.1, -0.05) is 13.3 Å². The van der Waals surface area contributed by atoms with E-state index >= 15 is 0 Å². The van der Waals surface area contributed by atoms with Gasteiger partial charge in [-0.05, 0) is 70.9 Å². The zero-order chi connectivity index (χ0) is 13.5. The van der Waals surface area contributed by atoms with Gasteiger partial charge in [0.05, 0.1) is 0 Å². The summed E-state index contributed by atoms with van der Waals surface area (Å²) in [5, 5.41) is 3.66. The van der Waals surface area contributed by atoms with Gasteiger partial charge in [0.25, 0.3) is 0 Å². The lowest BCUT2D eigenvalue weighted by atomic mass is 10.1. The molecule has 2 heterocycles. The van der Waals surface area contributed by atoms with Crippen LogP contribution in [-0.2, 0) is 6.42 Å². The van der Waals surface area contributed by atoms with Gasteiger partial charge < -0.3 is 10.2 Å². The minimum Gasteiger partial charge on any atom is -0.309 e. The van der Waals surface area contributed by atoms with E-state index in [1.165, 1.54) is 55.1 Å². The lowest BCUT2D eigenvalue weighted by molar-refractivity contribution is 0.225. The third-order valence-corrected chi connectivity index (χ3v) is 5.42. The van der Waals surface area contributed by atoms with Crippen molar-refractivity contribution in [1.82, 2.24) is 10.2 Å². The van der Waals surface area contributed by atoms with E-state index in [-0.39, 0.29) is 0 Å². The highest BCUT2D eigenvalue weighted by atomic mass is 32.1. The molecule has 0 aromatic carbocycles. The summed E-state index contributed by atoms with van der Waals surface area (Å²) < 4.78 is 0. The number of hydrogen-bond acceptors (Lipinski definition) is 3. The van der Waals surface area contributed by atoms with E-state index in [9.17, 15) is 0 Å². The summed E-state index contributed by atoms with van der Waals surface area (Å²) in [6, 6.07) is 5.06. The Morgan fingerprint density at radius 3 is 2.74 bits per heavy atom. The van der Waals surface area contributed by atoms with Crippen molar-refractivity contribution < 1.29 is 0 Å². The largest absolute Gasteiger partial charge is 0.309 e. The first-order valence-electron chi connectivity index (χ1n) is 7.84. The zero-order valence-corrected chi connectivity index (χ0v) is 13.3. The maximum absolute atomic E-state index is 3.66. The fraction of sp³-hybridized carbons (Fsp3) is 0.750. The van der Waals surface area contributed by atoms with Crippen molar-refractivity contribution in [3.63, 3.8) is 0 Å². The van der Waals surface area contributed by atoms with Crippen LogP contribution in [0.5, 0.6) is 0 Å². The number of thiophene rings is 1. The van der Waals surface area contributed by atoms with Crippen molar-refractivity contribution in [3.8, 4) is 0 Å². The first kappa shape index (κ1) is 15.0. The third kappa shape index (κ3) is 4.90. The molecule has 0 aliphatic carbocycles. The van der Waals surface area contributed by atoms with E-state index in [1.807, 2.05) is 11.3 Å². The van der Waals surface area contributed by atoms with Crippen molar-refractivity contribution in [2.75, 3.05) is 26.2 Å². The van der Waals surface area contributed by atoms with Crippen molar-refractivity contribution >= 4 is 11.3 Å². The van der Waals surface area contributed by atoms with Crippen LogP contribution in [0, 0.1) is 0 Å². The molecule has 1 fully saturated rings. The molecule has 1 aliphatic rings. The van der Waals surface area contributed by atoms with E-state index in [4.69, 9.17) is 0 Å². The maximum atomic E-state index is 3.66. The van der Waals surface area contributed by atoms with Crippen LogP contribution in [0.3, 0.4) is 0 Å². The van der Waals surface area contributed by atoms with E-state index in [2.05, 4.69) is 36.2 Å². The van der Waals surface area contributed by atoms with Crippen LogP contribution in [0.15, 0.2) is 12.1 Å². The van der Waals surface area contributed by atoms with Gasteiger partial charge in [-0.25, -0.2) is 0 Å². The molecule has 2 rings (SSSR count). The first-order chi connectivity index (χ1) is 9.29. The molecule has 2 nitrogen and oxygen atoms in total. The van der Waals surface area contributed by atoms with Crippen LogP contribution in [0.2, 0.25) is 0 Å². The summed E-state index contributed by atoms with van der Waals surface area (Å²) in [6.07, 6.45) is 6.67. The summed E-state index contributed by atoms with van der Waals surface area (Å²) >= 11 is 1.95. The Balaban J connectivity index is 1.61. The highest BCUT2D eigenvalue weighted by Gasteiger charge is 2.10. The Morgan fingerprint density at radius 1 is 1.26 bits per heavy atom. The van der Waals surface area contributed by atoms with Crippen LogP contribution in [0.4, 0.5) is 0 Å². The van der Waals surface area contributed by atoms with Crippen LogP contribution in [0.25, 0.3) is 0 Å². The molecule has 1 N–H and O–H groups in total. The lowest BCUT2D eigenvalue weighted by Crippen LogP contribution is -2.32. The van der Waals surface area contributed by atoms with Crippen LogP contribution in [-0.4, -0.2) is 31.1 Å². The molecule has 0 saturated carbocycles. The van der Waals surface area contributed by atoms with E-state index < -0.39 is 0 Å². The van der Waals surface area contributed by atoms with E-state index in [0.717, 1.165) is 13.0 Å². The van der Waals surface area contributed by atoms with Gasteiger partial charge in [0.15, 0.2) is 0 Å². The number of nitrogens with zero attached hydrogens (tertiary/aromatic N) is 1. The molecule has 0 spiro atoms. The number of nitrogens with one attached hydrogen (secondary N) is 1. The molecule has 1 unspecified atom stereocenters. The normalized spacial score (nSPS) is 18.6. The molecule has 1 saturated heterocycles. The van der Waals surface area contributed by atoms with Gasteiger partial charge in [-0.3, -0.25) is 0 Å². The smallest absolute Gasteiger partial charge is 0.0386 e. The average Bonchev–Trinajstić information content (AvgIpc) is 2.93. The minimum absolute atomic E-state index is 0.506. The van der Waals surface area contributed by atoms with Gasteiger partial charge in [0, 0.05) is 15.8 Å². The Labute approximate surface area is 122 Å². The summed E-state index contributed by atoms with van der Waals surface area (Å²) in [7, 11) is 0. The number of hydrogen-bond donors (Lipinski definition) is 1. The molecule has 1 atom stereocenters. The SMILES string of the molecule is CCc1ccc(C(C)NCCCN2CCCCC2)s1. The summed E-state index contributed by atoms with van der Waals surface area (Å²) in [5.41, 5.74) is 0. The predicted octanol–water partition coefficient (Wildman–Crippen LogP) is 3.84. The Bertz CT molecular complexity index is 355. The van der Waals surface area contributed by atoms with Crippen molar-refractivity contribution in [1.29, 1.82) is 0 Å². The Morgan fingerprint density at radius 2 is 2.05 bits per heavy atom. The summed E-state index contributed by atoms with van der Waals surface area (Å²) in [6.45, 7) is 9.56. The Kier molecular flexibility index (Phi) is 6.35. The lowest BCUT2D eigenvalue weighted by Gasteiger charge is -2.26. The molecule has 1 aliphatic heterocycles. The predicted molar refractivity (Wildman–Crippen MR) is 85.0 cm³/mol. The zero-order valence-electron chi connectivity index (χ0n) is 12.5. The molecular weight excluding hydrogens is 252 g/mol. The monoisotopic (exact) mass is 280 g/mol. The molecule has 0 bridgehead atoms. The number of aryl methyl sites for hydroxylation is 1. The summed E-state index contributed by atoms with van der Waals surface area (Å²) in [4.78, 5) is 5.60. The van der Waals surface area contributed by atoms with Gasteiger partial charge in [0.2, 0.25) is 0 Å². The number of likely N-dealkylation sites (tertiary alicyclic amines) is 1. The standard InChI is InChI=1S/C16H28N2S/c1-3-15-8-9-16(19-15)14(2)17-10-7-13-18-11-5-4-6-12-18/h8-9,14,17H,3-7,10-13H2,1-2H3. The van der Waals surface area contributed by atoms with Crippen molar-refractivity contribution in [3.05, 3.63) is 21.9 Å². The molecular formula is C16H28N2S. The molecule has 0 amide bonds. The number of piperidine rings is 1. The Hall–Kier alpha value is -0.380. The quantitative estimate of drug-likeness (QED) is 0.764. The fourth-order valence-corrected chi connectivity index (χ4v) is 3.70. The highest BCUT2D eigenvalue weighted by molar-refractivity contribution is 7.12. The third-order valence-electron chi connectivity index (χ3n) is 4.01. The molecule has 108 valence electrons.